The number of anilines is 1. The summed E-state index contributed by atoms with van der Waals surface area (Å²) in [6.07, 6.45) is 2.81. The normalized spacial score (nSPS) is 15.9. The van der Waals surface area contributed by atoms with Crippen molar-refractivity contribution in [3.8, 4) is 0 Å². The summed E-state index contributed by atoms with van der Waals surface area (Å²) in [7, 11) is 1.93. The molecule has 1 aromatic rings. The molecular formula is C10H18N4S. The highest BCUT2D eigenvalue weighted by Gasteiger charge is 2.24. The molecule has 0 atom stereocenters. The number of rotatable bonds is 6. The van der Waals surface area contributed by atoms with Crippen LogP contribution in [0.1, 0.15) is 25.5 Å². The van der Waals surface area contributed by atoms with E-state index in [-0.39, 0.29) is 0 Å². The Morgan fingerprint density at radius 1 is 1.53 bits per heavy atom. The van der Waals surface area contributed by atoms with Crippen LogP contribution in [0.2, 0.25) is 0 Å². The van der Waals surface area contributed by atoms with Crippen LogP contribution in [0.4, 0.5) is 5.00 Å². The maximum absolute atomic E-state index is 4.17. The van der Waals surface area contributed by atoms with Crippen LogP contribution in [0.15, 0.2) is 0 Å². The average Bonchev–Trinajstić information content (AvgIpc) is 2.95. The van der Waals surface area contributed by atoms with Crippen molar-refractivity contribution < 1.29 is 0 Å². The van der Waals surface area contributed by atoms with E-state index in [1.54, 1.807) is 0 Å². The zero-order valence-corrected chi connectivity index (χ0v) is 10.2. The van der Waals surface area contributed by atoms with Crippen LogP contribution in [0.3, 0.4) is 0 Å². The lowest BCUT2D eigenvalue weighted by atomic mass is 10.3. The summed E-state index contributed by atoms with van der Waals surface area (Å²) in [6.45, 7) is 5.45. The molecule has 15 heavy (non-hydrogen) atoms. The lowest BCUT2D eigenvalue weighted by molar-refractivity contribution is 0.265. The lowest BCUT2D eigenvalue weighted by Gasteiger charge is -2.18. The third kappa shape index (κ3) is 2.89. The minimum absolute atomic E-state index is 0.930. The molecule has 1 aliphatic rings. The van der Waals surface area contributed by atoms with Gasteiger partial charge in [0, 0.05) is 31.7 Å². The molecule has 0 amide bonds. The van der Waals surface area contributed by atoms with Gasteiger partial charge < -0.3 is 5.32 Å². The van der Waals surface area contributed by atoms with Crippen molar-refractivity contribution in [2.75, 3.05) is 25.5 Å². The van der Waals surface area contributed by atoms with Gasteiger partial charge in [0.1, 0.15) is 10.7 Å². The molecule has 1 aliphatic carbocycles. The predicted octanol–water partition coefficient (Wildman–Crippen LogP) is 1.81. The molecule has 0 spiro atoms. The van der Waals surface area contributed by atoms with Gasteiger partial charge in [0.15, 0.2) is 0 Å². The summed E-state index contributed by atoms with van der Waals surface area (Å²) < 4.78 is 3.98. The topological polar surface area (TPSA) is 41.1 Å². The Morgan fingerprint density at radius 3 is 2.93 bits per heavy atom. The minimum Gasteiger partial charge on any atom is -0.377 e. The van der Waals surface area contributed by atoms with Gasteiger partial charge in [0.05, 0.1) is 0 Å². The van der Waals surface area contributed by atoms with Crippen LogP contribution in [0.5, 0.6) is 0 Å². The Bertz CT molecular complexity index is 308. The Kier molecular flexibility index (Phi) is 3.53. The Balaban J connectivity index is 1.92. The van der Waals surface area contributed by atoms with Crippen molar-refractivity contribution in [3.05, 3.63) is 5.69 Å². The fraction of sp³-hybridized carbons (Fsp3) is 0.800. The van der Waals surface area contributed by atoms with Gasteiger partial charge in [0.25, 0.3) is 0 Å². The molecule has 5 heteroatoms. The van der Waals surface area contributed by atoms with Crippen LogP contribution < -0.4 is 5.32 Å². The third-order valence-corrected chi connectivity index (χ3v) is 3.60. The smallest absolute Gasteiger partial charge is 0.134 e. The summed E-state index contributed by atoms with van der Waals surface area (Å²) >= 11 is 1.44. The molecule has 84 valence electrons. The molecule has 0 saturated heterocycles. The van der Waals surface area contributed by atoms with E-state index in [9.17, 15) is 0 Å². The second-order valence-corrected chi connectivity index (χ2v) is 4.82. The summed E-state index contributed by atoms with van der Waals surface area (Å²) in [5, 5.41) is 8.41. The number of nitrogens with one attached hydrogen (secondary N) is 1. The quantitative estimate of drug-likeness (QED) is 0.803. The zero-order chi connectivity index (χ0) is 10.7. The SMILES string of the molecule is CCN(Cc1nnsc1NC)CC1CC1. The van der Waals surface area contributed by atoms with E-state index in [4.69, 9.17) is 0 Å². The third-order valence-electron chi connectivity index (χ3n) is 2.82. The van der Waals surface area contributed by atoms with Gasteiger partial charge in [-0.25, -0.2) is 0 Å². The number of hydrogen-bond donors (Lipinski definition) is 1. The molecule has 0 bridgehead atoms. The van der Waals surface area contributed by atoms with Gasteiger partial charge in [-0.1, -0.05) is 11.4 Å². The van der Waals surface area contributed by atoms with Crippen molar-refractivity contribution in [2.24, 2.45) is 5.92 Å². The molecule has 1 saturated carbocycles. The van der Waals surface area contributed by atoms with Gasteiger partial charge in [-0.05, 0) is 25.3 Å². The molecule has 0 aliphatic heterocycles. The first-order valence-corrected chi connectivity index (χ1v) is 6.32. The maximum Gasteiger partial charge on any atom is 0.134 e. The predicted molar refractivity (Wildman–Crippen MR) is 63.1 cm³/mol. The van der Waals surface area contributed by atoms with Crippen LogP contribution in [-0.4, -0.2) is 34.6 Å². The summed E-state index contributed by atoms with van der Waals surface area (Å²) in [4.78, 5) is 2.45. The number of hydrogen-bond acceptors (Lipinski definition) is 5. The van der Waals surface area contributed by atoms with E-state index < -0.39 is 0 Å². The van der Waals surface area contributed by atoms with Crippen molar-refractivity contribution in [1.29, 1.82) is 0 Å². The molecule has 0 radical (unpaired) electrons. The van der Waals surface area contributed by atoms with Gasteiger partial charge >= 0.3 is 0 Å². The number of aromatic nitrogens is 2. The van der Waals surface area contributed by atoms with Gasteiger partial charge in [0.2, 0.25) is 0 Å². The van der Waals surface area contributed by atoms with E-state index in [1.165, 1.54) is 30.9 Å². The highest BCUT2D eigenvalue weighted by molar-refractivity contribution is 7.10. The van der Waals surface area contributed by atoms with E-state index in [2.05, 4.69) is 26.7 Å². The molecule has 0 unspecified atom stereocenters. The first-order chi connectivity index (χ1) is 7.33. The molecule has 2 rings (SSSR count). The number of nitrogens with zero attached hydrogens (tertiary/aromatic N) is 3. The van der Waals surface area contributed by atoms with E-state index in [0.717, 1.165) is 29.7 Å². The molecule has 1 fully saturated rings. The van der Waals surface area contributed by atoms with Crippen LogP contribution in [-0.2, 0) is 6.54 Å². The molecule has 1 heterocycles. The summed E-state index contributed by atoms with van der Waals surface area (Å²) in [5.74, 6) is 0.939. The van der Waals surface area contributed by atoms with Gasteiger partial charge in [-0.3, -0.25) is 4.90 Å². The molecular weight excluding hydrogens is 208 g/mol. The highest BCUT2D eigenvalue weighted by Crippen LogP contribution is 2.30. The van der Waals surface area contributed by atoms with E-state index >= 15 is 0 Å². The summed E-state index contributed by atoms with van der Waals surface area (Å²) in [6, 6.07) is 0. The van der Waals surface area contributed by atoms with Crippen molar-refractivity contribution in [3.63, 3.8) is 0 Å². The van der Waals surface area contributed by atoms with Crippen LogP contribution in [0, 0.1) is 5.92 Å². The average molecular weight is 226 g/mol. The van der Waals surface area contributed by atoms with Gasteiger partial charge in [-0.2, -0.15) is 0 Å². The van der Waals surface area contributed by atoms with E-state index in [1.807, 2.05) is 7.05 Å². The Morgan fingerprint density at radius 2 is 2.33 bits per heavy atom. The zero-order valence-electron chi connectivity index (χ0n) is 9.36. The second-order valence-electron chi connectivity index (χ2n) is 4.07. The van der Waals surface area contributed by atoms with E-state index in [0.29, 0.717) is 0 Å². The molecule has 0 aromatic carbocycles. The van der Waals surface area contributed by atoms with Crippen molar-refractivity contribution in [1.82, 2.24) is 14.5 Å². The maximum atomic E-state index is 4.17. The molecule has 1 aromatic heterocycles. The lowest BCUT2D eigenvalue weighted by Crippen LogP contribution is -2.25. The highest BCUT2D eigenvalue weighted by atomic mass is 32.1. The first-order valence-electron chi connectivity index (χ1n) is 5.54. The standard InChI is InChI=1S/C10H18N4S/c1-3-14(6-8-4-5-8)7-9-10(11-2)15-13-12-9/h8,11H,3-7H2,1-2H3. The van der Waals surface area contributed by atoms with Crippen LogP contribution >= 0.6 is 11.5 Å². The monoisotopic (exact) mass is 226 g/mol. The minimum atomic E-state index is 0.930. The molecule has 1 N–H and O–H groups in total. The van der Waals surface area contributed by atoms with Crippen molar-refractivity contribution in [2.45, 2.75) is 26.3 Å². The molecule has 4 nitrogen and oxygen atoms in total. The Hall–Kier alpha value is -0.680. The first kappa shape index (κ1) is 10.8. The Labute approximate surface area is 94.8 Å². The second kappa shape index (κ2) is 4.90. The van der Waals surface area contributed by atoms with Crippen LogP contribution in [0.25, 0.3) is 0 Å². The fourth-order valence-corrected chi connectivity index (χ4v) is 2.21. The van der Waals surface area contributed by atoms with Crippen molar-refractivity contribution >= 4 is 16.5 Å². The fourth-order valence-electron chi connectivity index (χ4n) is 1.68. The largest absolute Gasteiger partial charge is 0.377 e. The van der Waals surface area contributed by atoms with Gasteiger partial charge in [-0.15, -0.1) is 5.10 Å². The summed E-state index contributed by atoms with van der Waals surface area (Å²) in [5.41, 5.74) is 1.09.